The standard InChI is InChI=1S/C39H51IO3Si/c1-31(29-41)18-17-19-33(26-27-37(32(2)28-40)43-44(6,7)38(3,4)5)30-42-39(34-20-11-8-12-21-34,35-22-13-9-14-23-35)36-24-15-10-16-25-36/h8-16,20-26,28-29,31,37H,17-19,27,30H2,1-7H3/b32-28+,33-26+/t31-,37+/m1/s1. The zero-order valence-corrected chi connectivity index (χ0v) is 30.8. The number of aldehydes is 1. The SMILES string of the molecule is C/C(=C\I)[C@H](C/C=C(\CCC[C@@H](C)C=O)COC(c1ccccc1)(c1ccccc1)c1ccccc1)O[Si](C)(C)C(C)(C)C. The van der Waals surface area contributed by atoms with Crippen LogP contribution in [0.25, 0.3) is 0 Å². The van der Waals surface area contributed by atoms with E-state index in [0.29, 0.717) is 6.61 Å². The van der Waals surface area contributed by atoms with Crippen molar-refractivity contribution in [2.75, 3.05) is 6.61 Å². The van der Waals surface area contributed by atoms with Gasteiger partial charge in [0.15, 0.2) is 8.32 Å². The summed E-state index contributed by atoms with van der Waals surface area (Å²) < 4.78 is 16.3. The minimum Gasteiger partial charge on any atom is -0.410 e. The Morgan fingerprint density at radius 1 is 0.864 bits per heavy atom. The Kier molecular flexibility index (Phi) is 13.8. The minimum absolute atomic E-state index is 0.0128. The van der Waals surface area contributed by atoms with Crippen molar-refractivity contribution in [2.45, 2.75) is 90.1 Å². The lowest BCUT2D eigenvalue weighted by atomic mass is 9.80. The average Bonchev–Trinajstić information content (AvgIpc) is 3.03. The van der Waals surface area contributed by atoms with Crippen LogP contribution in [0.15, 0.2) is 112 Å². The van der Waals surface area contributed by atoms with Crippen LogP contribution in [0.2, 0.25) is 18.1 Å². The van der Waals surface area contributed by atoms with Gasteiger partial charge in [0.1, 0.15) is 11.9 Å². The number of ether oxygens (including phenoxy) is 1. The van der Waals surface area contributed by atoms with Crippen molar-refractivity contribution in [3.63, 3.8) is 0 Å². The Balaban J connectivity index is 2.04. The monoisotopic (exact) mass is 722 g/mol. The molecule has 0 aliphatic carbocycles. The molecule has 44 heavy (non-hydrogen) atoms. The van der Waals surface area contributed by atoms with E-state index in [1.165, 1.54) is 11.1 Å². The predicted molar refractivity (Wildman–Crippen MR) is 197 cm³/mol. The minimum atomic E-state index is -1.99. The van der Waals surface area contributed by atoms with Crippen molar-refractivity contribution < 1.29 is 14.0 Å². The average molecular weight is 723 g/mol. The molecule has 0 saturated heterocycles. The molecule has 0 bridgehead atoms. The van der Waals surface area contributed by atoms with Crippen molar-refractivity contribution in [1.29, 1.82) is 0 Å². The number of hydrogen-bond acceptors (Lipinski definition) is 3. The maximum atomic E-state index is 11.4. The van der Waals surface area contributed by atoms with Gasteiger partial charge in [0, 0.05) is 5.92 Å². The number of carbonyl (C=O) groups is 1. The number of benzene rings is 3. The third-order valence-electron chi connectivity index (χ3n) is 8.95. The Morgan fingerprint density at radius 2 is 1.34 bits per heavy atom. The van der Waals surface area contributed by atoms with E-state index in [9.17, 15) is 4.79 Å². The Morgan fingerprint density at radius 3 is 1.75 bits per heavy atom. The molecule has 0 aliphatic heterocycles. The summed E-state index contributed by atoms with van der Waals surface area (Å²) in [4.78, 5) is 11.4. The molecule has 2 atom stereocenters. The zero-order chi connectivity index (χ0) is 32.2. The summed E-state index contributed by atoms with van der Waals surface area (Å²) in [7, 11) is -1.99. The van der Waals surface area contributed by atoms with E-state index in [4.69, 9.17) is 9.16 Å². The van der Waals surface area contributed by atoms with E-state index < -0.39 is 13.9 Å². The molecule has 3 nitrogen and oxygen atoms in total. The second-order valence-corrected chi connectivity index (χ2v) is 18.8. The van der Waals surface area contributed by atoms with Crippen molar-refractivity contribution in [2.24, 2.45) is 5.92 Å². The number of rotatable bonds is 16. The largest absolute Gasteiger partial charge is 0.410 e. The molecule has 0 spiro atoms. The highest BCUT2D eigenvalue weighted by molar-refractivity contribution is 14.1. The van der Waals surface area contributed by atoms with E-state index >= 15 is 0 Å². The fraction of sp³-hybridized carbons (Fsp3) is 0.410. The second-order valence-electron chi connectivity index (χ2n) is 13.4. The van der Waals surface area contributed by atoms with Gasteiger partial charge in [-0.15, -0.1) is 0 Å². The van der Waals surface area contributed by atoms with Crippen LogP contribution in [0.3, 0.4) is 0 Å². The van der Waals surface area contributed by atoms with Gasteiger partial charge in [0.25, 0.3) is 0 Å². The predicted octanol–water partition coefficient (Wildman–Crippen LogP) is 11.0. The first-order valence-corrected chi connectivity index (χ1v) is 20.0. The van der Waals surface area contributed by atoms with Crippen LogP contribution in [-0.2, 0) is 19.6 Å². The third kappa shape index (κ3) is 9.59. The fourth-order valence-electron chi connectivity index (χ4n) is 5.13. The van der Waals surface area contributed by atoms with Gasteiger partial charge < -0.3 is 14.0 Å². The lowest BCUT2D eigenvalue weighted by molar-refractivity contribution is -0.110. The quantitative estimate of drug-likeness (QED) is 0.0486. The van der Waals surface area contributed by atoms with Crippen LogP contribution in [0, 0.1) is 5.92 Å². The van der Waals surface area contributed by atoms with Crippen LogP contribution in [-0.4, -0.2) is 27.3 Å². The van der Waals surface area contributed by atoms with Crippen LogP contribution >= 0.6 is 22.6 Å². The van der Waals surface area contributed by atoms with Crippen molar-refractivity contribution in [1.82, 2.24) is 0 Å². The molecule has 3 aromatic carbocycles. The first kappa shape index (κ1) is 36.1. The smallest absolute Gasteiger partial charge is 0.192 e. The van der Waals surface area contributed by atoms with Crippen molar-refractivity contribution >= 4 is 37.2 Å². The summed E-state index contributed by atoms with van der Waals surface area (Å²) in [6.07, 6.45) is 6.86. The second kappa shape index (κ2) is 16.8. The lowest BCUT2D eigenvalue weighted by Gasteiger charge is -2.39. The number of carbonyl (C=O) groups excluding carboxylic acids is 1. The summed E-state index contributed by atoms with van der Waals surface area (Å²) in [6, 6.07) is 31.6. The molecule has 0 saturated carbocycles. The molecule has 236 valence electrons. The van der Waals surface area contributed by atoms with E-state index in [0.717, 1.165) is 48.7 Å². The third-order valence-corrected chi connectivity index (χ3v) is 14.4. The molecule has 0 unspecified atom stereocenters. The first-order valence-electron chi connectivity index (χ1n) is 15.8. The van der Waals surface area contributed by atoms with Crippen LogP contribution in [0.5, 0.6) is 0 Å². The Bertz CT molecular complexity index is 1250. The van der Waals surface area contributed by atoms with Crippen molar-refractivity contribution in [3.05, 3.63) is 129 Å². The van der Waals surface area contributed by atoms with Crippen LogP contribution < -0.4 is 0 Å². The topological polar surface area (TPSA) is 35.5 Å². The highest BCUT2D eigenvalue weighted by Crippen LogP contribution is 2.41. The molecule has 5 heteroatoms. The number of hydrogen-bond donors (Lipinski definition) is 0. The summed E-state index contributed by atoms with van der Waals surface area (Å²) in [6.45, 7) is 16.2. The van der Waals surface area contributed by atoms with Crippen molar-refractivity contribution in [3.8, 4) is 0 Å². The lowest BCUT2D eigenvalue weighted by Crippen LogP contribution is -2.44. The summed E-state index contributed by atoms with van der Waals surface area (Å²) in [5.41, 5.74) is 4.97. The molecule has 3 rings (SSSR count). The zero-order valence-electron chi connectivity index (χ0n) is 27.7. The van der Waals surface area contributed by atoms with Gasteiger partial charge >= 0.3 is 0 Å². The normalized spacial score (nSPS) is 14.7. The number of halogens is 1. The van der Waals surface area contributed by atoms with Gasteiger partial charge in [-0.1, -0.05) is 147 Å². The molecule has 0 fully saturated rings. The molecule has 0 amide bonds. The molecular formula is C39H51IO3Si. The van der Waals surface area contributed by atoms with Gasteiger partial charge in [0.2, 0.25) is 0 Å². The Hall–Kier alpha value is -2.32. The maximum Gasteiger partial charge on any atom is 0.192 e. The molecule has 0 heterocycles. The van der Waals surface area contributed by atoms with E-state index in [1.807, 2.05) is 6.92 Å². The van der Waals surface area contributed by atoms with Gasteiger partial charge in [-0.05, 0) is 82.7 Å². The summed E-state index contributed by atoms with van der Waals surface area (Å²) >= 11 is 2.33. The maximum absolute atomic E-state index is 11.4. The van der Waals surface area contributed by atoms with E-state index in [-0.39, 0.29) is 17.1 Å². The summed E-state index contributed by atoms with van der Waals surface area (Å²) in [5.74, 6) is 0.0491. The van der Waals surface area contributed by atoms with Crippen LogP contribution in [0.4, 0.5) is 0 Å². The summed E-state index contributed by atoms with van der Waals surface area (Å²) in [5, 5.41) is 0.123. The molecule has 0 aromatic heterocycles. The molecule has 0 N–H and O–H groups in total. The molecular weight excluding hydrogens is 671 g/mol. The van der Waals surface area contributed by atoms with Crippen LogP contribution in [0.1, 0.15) is 77.0 Å². The first-order chi connectivity index (χ1) is 20.9. The highest BCUT2D eigenvalue weighted by Gasteiger charge is 2.40. The van der Waals surface area contributed by atoms with Gasteiger partial charge in [-0.3, -0.25) is 0 Å². The molecule has 0 aliphatic rings. The molecule has 0 radical (unpaired) electrons. The van der Waals surface area contributed by atoms with Gasteiger partial charge in [-0.2, -0.15) is 0 Å². The van der Waals surface area contributed by atoms with E-state index in [2.05, 4.69) is 165 Å². The fourth-order valence-corrected chi connectivity index (χ4v) is 6.87. The van der Waals surface area contributed by atoms with E-state index in [1.54, 1.807) is 0 Å². The highest BCUT2D eigenvalue weighted by atomic mass is 127. The van der Waals surface area contributed by atoms with Gasteiger partial charge in [0.05, 0.1) is 12.7 Å². The Labute approximate surface area is 281 Å². The molecule has 3 aromatic rings. The van der Waals surface area contributed by atoms with Gasteiger partial charge in [-0.25, -0.2) is 0 Å².